The summed E-state index contributed by atoms with van der Waals surface area (Å²) in [5, 5.41) is 31.4. The number of phenolic OH excluding ortho intramolecular Hbond substituents is 3. The first-order chi connectivity index (χ1) is 12.5. The molecule has 5 N–H and O–H groups in total. The second-order valence-electron chi connectivity index (χ2n) is 5.75. The number of benzene rings is 3. The zero-order chi connectivity index (χ0) is 18.7. The Bertz CT molecular complexity index is 897. The quantitative estimate of drug-likeness (QED) is 0.329. The molecule has 0 atom stereocenters. The van der Waals surface area contributed by atoms with Gasteiger partial charge in [-0.1, -0.05) is 48.5 Å². The second kappa shape index (κ2) is 7.16. The Labute approximate surface area is 150 Å². The minimum atomic E-state index is -0.954. The highest BCUT2D eigenvalue weighted by Gasteiger charge is 2.30. The lowest BCUT2D eigenvalue weighted by molar-refractivity contribution is 0.0700. The van der Waals surface area contributed by atoms with Gasteiger partial charge in [-0.2, -0.15) is 0 Å². The Kier molecular flexibility index (Phi) is 4.77. The van der Waals surface area contributed by atoms with Crippen LogP contribution in [0.5, 0.6) is 17.2 Å². The first-order valence-corrected chi connectivity index (χ1v) is 7.92. The number of rotatable bonds is 4. The van der Waals surface area contributed by atoms with Crippen molar-refractivity contribution in [2.24, 2.45) is 5.84 Å². The van der Waals surface area contributed by atoms with Gasteiger partial charge in [0.1, 0.15) is 23.3 Å². The smallest absolute Gasteiger partial charge is 0.272 e. The van der Waals surface area contributed by atoms with Crippen molar-refractivity contribution < 1.29 is 20.1 Å². The van der Waals surface area contributed by atoms with E-state index < -0.39 is 11.9 Å². The van der Waals surface area contributed by atoms with Crippen LogP contribution in [0.3, 0.4) is 0 Å². The van der Waals surface area contributed by atoms with E-state index in [2.05, 4.69) is 0 Å². The fraction of sp³-hybridized carbons (Fsp3) is 0.0500. The van der Waals surface area contributed by atoms with E-state index in [1.165, 1.54) is 24.3 Å². The van der Waals surface area contributed by atoms with E-state index in [1.54, 1.807) is 48.5 Å². The SMILES string of the molecule is NN(C(=O)c1ccccc1O)C(c1ccccc1O)c1ccccc1O. The third kappa shape index (κ3) is 3.18. The number of carbonyl (C=O) groups is 1. The Morgan fingerprint density at radius 1 is 0.731 bits per heavy atom. The van der Waals surface area contributed by atoms with E-state index in [-0.39, 0.29) is 22.8 Å². The number of para-hydroxylation sites is 3. The lowest BCUT2D eigenvalue weighted by Crippen LogP contribution is -2.41. The van der Waals surface area contributed by atoms with Crippen molar-refractivity contribution in [1.29, 1.82) is 0 Å². The highest BCUT2D eigenvalue weighted by atomic mass is 16.3. The molecule has 0 spiro atoms. The van der Waals surface area contributed by atoms with Gasteiger partial charge in [0.15, 0.2) is 0 Å². The number of amides is 1. The van der Waals surface area contributed by atoms with Crippen LogP contribution < -0.4 is 5.84 Å². The van der Waals surface area contributed by atoms with Gasteiger partial charge < -0.3 is 15.3 Å². The summed E-state index contributed by atoms with van der Waals surface area (Å²) in [6, 6.07) is 17.9. The van der Waals surface area contributed by atoms with Gasteiger partial charge in [0.2, 0.25) is 0 Å². The van der Waals surface area contributed by atoms with Crippen molar-refractivity contribution in [3.63, 3.8) is 0 Å². The number of hydrazine groups is 1. The Balaban J connectivity index is 2.12. The largest absolute Gasteiger partial charge is 0.508 e. The van der Waals surface area contributed by atoms with Gasteiger partial charge in [0.05, 0.1) is 5.56 Å². The molecule has 0 saturated heterocycles. The van der Waals surface area contributed by atoms with Crippen LogP contribution in [0.15, 0.2) is 72.8 Å². The molecule has 0 aromatic heterocycles. The van der Waals surface area contributed by atoms with Gasteiger partial charge in [0, 0.05) is 11.1 Å². The van der Waals surface area contributed by atoms with Crippen molar-refractivity contribution in [2.45, 2.75) is 6.04 Å². The Morgan fingerprint density at radius 2 is 1.15 bits per heavy atom. The molecular formula is C20H18N2O4. The van der Waals surface area contributed by atoms with Gasteiger partial charge in [0.25, 0.3) is 5.91 Å². The lowest BCUT2D eigenvalue weighted by Gasteiger charge is -2.29. The maximum atomic E-state index is 12.9. The molecule has 0 aliphatic rings. The first-order valence-electron chi connectivity index (χ1n) is 7.92. The third-order valence-electron chi connectivity index (χ3n) is 4.11. The van der Waals surface area contributed by atoms with Crippen molar-refractivity contribution in [2.75, 3.05) is 0 Å². The molecule has 3 rings (SSSR count). The van der Waals surface area contributed by atoms with E-state index in [0.29, 0.717) is 11.1 Å². The van der Waals surface area contributed by atoms with Gasteiger partial charge in [-0.15, -0.1) is 0 Å². The molecule has 0 saturated carbocycles. The molecule has 0 aliphatic carbocycles. The molecule has 3 aromatic carbocycles. The number of nitrogens with two attached hydrogens (primary N) is 1. The van der Waals surface area contributed by atoms with Crippen molar-refractivity contribution in [3.8, 4) is 17.2 Å². The predicted octanol–water partition coefficient (Wildman–Crippen LogP) is 2.91. The molecule has 0 fully saturated rings. The summed E-state index contributed by atoms with van der Waals surface area (Å²) >= 11 is 0. The second-order valence-corrected chi connectivity index (χ2v) is 5.75. The number of phenols is 3. The van der Waals surface area contributed by atoms with Crippen molar-refractivity contribution in [3.05, 3.63) is 89.5 Å². The van der Waals surface area contributed by atoms with Crippen LogP contribution in [0.1, 0.15) is 27.5 Å². The monoisotopic (exact) mass is 350 g/mol. The molecule has 3 aromatic rings. The standard InChI is InChI=1S/C20H18N2O4/c21-22(20(26)15-9-3-6-12-18(15)25)19(13-7-1-4-10-16(13)23)14-8-2-5-11-17(14)24/h1-12,19,23-25H,21H2. The van der Waals surface area contributed by atoms with Crippen molar-refractivity contribution in [1.82, 2.24) is 5.01 Å². The highest BCUT2D eigenvalue weighted by Crippen LogP contribution is 2.37. The number of hydrogen-bond acceptors (Lipinski definition) is 5. The zero-order valence-electron chi connectivity index (χ0n) is 13.8. The molecule has 0 unspecified atom stereocenters. The normalized spacial score (nSPS) is 10.7. The molecule has 1 amide bonds. The van der Waals surface area contributed by atoms with Crippen LogP contribution in [0.25, 0.3) is 0 Å². The summed E-state index contributed by atoms with van der Waals surface area (Å²) in [6.07, 6.45) is 0. The minimum Gasteiger partial charge on any atom is -0.508 e. The zero-order valence-corrected chi connectivity index (χ0v) is 13.8. The Hall–Kier alpha value is -3.51. The molecule has 0 aliphatic heterocycles. The summed E-state index contributed by atoms with van der Waals surface area (Å²) in [4.78, 5) is 12.9. The summed E-state index contributed by atoms with van der Waals surface area (Å²) in [5.41, 5.74) is 0.714. The van der Waals surface area contributed by atoms with E-state index >= 15 is 0 Å². The van der Waals surface area contributed by atoms with Gasteiger partial charge in [-0.05, 0) is 24.3 Å². The van der Waals surface area contributed by atoms with E-state index in [0.717, 1.165) is 5.01 Å². The molecule has 0 radical (unpaired) electrons. The molecule has 132 valence electrons. The molecule has 26 heavy (non-hydrogen) atoms. The first kappa shape index (κ1) is 17.3. The van der Waals surface area contributed by atoms with E-state index in [4.69, 9.17) is 5.84 Å². The average molecular weight is 350 g/mol. The Morgan fingerprint density at radius 3 is 1.62 bits per heavy atom. The van der Waals surface area contributed by atoms with Crippen LogP contribution in [-0.4, -0.2) is 26.2 Å². The topological polar surface area (TPSA) is 107 Å². The van der Waals surface area contributed by atoms with E-state index in [1.807, 2.05) is 0 Å². The number of aromatic hydroxyl groups is 3. The van der Waals surface area contributed by atoms with Crippen LogP contribution >= 0.6 is 0 Å². The maximum absolute atomic E-state index is 12.9. The molecule has 6 nitrogen and oxygen atoms in total. The summed E-state index contributed by atoms with van der Waals surface area (Å²) in [5.74, 6) is 5.12. The predicted molar refractivity (Wildman–Crippen MR) is 96.5 cm³/mol. The van der Waals surface area contributed by atoms with Crippen LogP contribution in [-0.2, 0) is 0 Å². The van der Waals surface area contributed by atoms with Crippen LogP contribution in [0, 0.1) is 0 Å². The number of hydrogen-bond donors (Lipinski definition) is 4. The molecular weight excluding hydrogens is 332 g/mol. The fourth-order valence-corrected chi connectivity index (χ4v) is 2.82. The number of carbonyl (C=O) groups excluding carboxylic acids is 1. The van der Waals surface area contributed by atoms with Gasteiger partial charge in [-0.25, -0.2) is 5.84 Å². The van der Waals surface area contributed by atoms with Gasteiger partial charge in [-0.3, -0.25) is 9.80 Å². The summed E-state index contributed by atoms with van der Waals surface area (Å²) in [7, 11) is 0. The lowest BCUT2D eigenvalue weighted by atomic mass is 9.96. The van der Waals surface area contributed by atoms with Crippen LogP contribution in [0.4, 0.5) is 0 Å². The number of nitrogens with zero attached hydrogens (tertiary/aromatic N) is 1. The highest BCUT2D eigenvalue weighted by molar-refractivity contribution is 5.97. The minimum absolute atomic E-state index is 0.0193. The third-order valence-corrected chi connectivity index (χ3v) is 4.11. The van der Waals surface area contributed by atoms with E-state index in [9.17, 15) is 20.1 Å². The molecule has 0 heterocycles. The summed E-state index contributed by atoms with van der Waals surface area (Å²) in [6.45, 7) is 0. The summed E-state index contributed by atoms with van der Waals surface area (Å²) < 4.78 is 0. The molecule has 0 bridgehead atoms. The maximum Gasteiger partial charge on any atom is 0.272 e. The fourth-order valence-electron chi connectivity index (χ4n) is 2.82. The molecule has 6 heteroatoms. The average Bonchev–Trinajstić information content (AvgIpc) is 2.64. The van der Waals surface area contributed by atoms with Crippen LogP contribution in [0.2, 0.25) is 0 Å². The van der Waals surface area contributed by atoms with Gasteiger partial charge >= 0.3 is 0 Å². The van der Waals surface area contributed by atoms with Crippen molar-refractivity contribution >= 4 is 5.91 Å².